The first-order valence-corrected chi connectivity index (χ1v) is 9.57. The van der Waals surface area contributed by atoms with E-state index in [-0.39, 0.29) is 0 Å². The van der Waals surface area contributed by atoms with E-state index >= 15 is 0 Å². The average Bonchev–Trinajstić information content (AvgIpc) is 2.82. The highest BCUT2D eigenvalue weighted by Gasteiger charge is 2.15. The molecule has 0 atom stereocenters. The first-order chi connectivity index (χ1) is 8.40. The molecule has 1 aliphatic heterocycles. The zero-order chi connectivity index (χ0) is 13.6. The third kappa shape index (κ3) is 7.00. The smallest absolute Gasteiger partial charge is 0.248 e. The summed E-state index contributed by atoms with van der Waals surface area (Å²) in [6.07, 6.45) is 2.67. The van der Waals surface area contributed by atoms with E-state index < -0.39 is 10.2 Å². The molecule has 2 heterocycles. The SMILES string of the molecule is CCSc1nc(=[N+]2CCCC2)ss1.[O-][Cl+3]([O-])([O-])[O-]. The molecule has 0 aliphatic carbocycles. The van der Waals surface area contributed by atoms with Crippen LogP contribution < -0.4 is 28.0 Å². The van der Waals surface area contributed by atoms with Gasteiger partial charge >= 0.3 is 4.80 Å². The van der Waals surface area contributed by atoms with Crippen LogP contribution >= 0.6 is 32.4 Å². The van der Waals surface area contributed by atoms with Crippen LogP contribution in [0.5, 0.6) is 0 Å². The van der Waals surface area contributed by atoms with E-state index in [4.69, 9.17) is 18.6 Å². The number of hydrogen-bond donors (Lipinski definition) is 0. The van der Waals surface area contributed by atoms with E-state index in [0.29, 0.717) is 0 Å². The van der Waals surface area contributed by atoms with Gasteiger partial charge in [-0.1, -0.05) is 18.7 Å². The lowest BCUT2D eigenvalue weighted by atomic mass is 10.4. The standard InChI is InChI=1S/C8H13N2S3.ClHO4/c1-2-11-8-9-7(12-13-8)10-5-3-4-6-10;2-1(3,4)5/h2-6H2,1H3;(H,2,3,4,5)/q+1;/p-1. The molecule has 2 rings (SSSR count). The van der Waals surface area contributed by atoms with Crippen molar-refractivity contribution in [3.63, 3.8) is 0 Å². The van der Waals surface area contributed by atoms with Crippen molar-refractivity contribution in [1.29, 1.82) is 0 Å². The molecule has 0 radical (unpaired) electrons. The van der Waals surface area contributed by atoms with Crippen LogP contribution in [0.15, 0.2) is 4.34 Å². The van der Waals surface area contributed by atoms with Crippen molar-refractivity contribution in [3.05, 3.63) is 4.80 Å². The molecule has 1 aromatic rings. The molecular weight excluding hydrogens is 320 g/mol. The summed E-state index contributed by atoms with van der Waals surface area (Å²) >= 11 is 1.85. The van der Waals surface area contributed by atoms with E-state index in [1.807, 2.05) is 32.4 Å². The Bertz CT molecular complexity index is 414. The monoisotopic (exact) mass is 332 g/mol. The molecule has 0 unspecified atom stereocenters. The Morgan fingerprint density at radius 1 is 1.22 bits per heavy atom. The Labute approximate surface area is 118 Å². The topological polar surface area (TPSA) is 108 Å². The Balaban J connectivity index is 0.000000280. The maximum atomic E-state index is 8.49. The molecular formula is C8H13ClN2O4S3. The molecule has 6 nitrogen and oxygen atoms in total. The first-order valence-electron chi connectivity index (χ1n) is 5.20. The molecule has 0 aromatic carbocycles. The predicted octanol–water partition coefficient (Wildman–Crippen LogP) is -2.87. The van der Waals surface area contributed by atoms with Crippen LogP contribution in [0.1, 0.15) is 19.8 Å². The molecule has 0 saturated carbocycles. The fourth-order valence-corrected chi connectivity index (χ4v) is 4.86. The number of rotatable bonds is 2. The van der Waals surface area contributed by atoms with E-state index in [9.17, 15) is 0 Å². The number of nitrogens with zero attached hydrogens (tertiary/aromatic N) is 2. The van der Waals surface area contributed by atoms with Crippen molar-refractivity contribution >= 4 is 32.4 Å². The summed E-state index contributed by atoms with van der Waals surface area (Å²) in [6.45, 7) is 4.58. The number of hydrogen-bond acceptors (Lipinski definition) is 8. The minimum atomic E-state index is -4.94. The van der Waals surface area contributed by atoms with Crippen molar-refractivity contribution < 1.29 is 28.9 Å². The molecule has 104 valence electrons. The predicted molar refractivity (Wildman–Crippen MR) is 60.6 cm³/mol. The second kappa shape index (κ2) is 7.75. The maximum absolute atomic E-state index is 8.49. The van der Waals surface area contributed by atoms with Gasteiger partial charge in [0.2, 0.25) is 0 Å². The van der Waals surface area contributed by atoms with E-state index in [0.717, 1.165) is 5.75 Å². The van der Waals surface area contributed by atoms with Crippen molar-refractivity contribution in [2.45, 2.75) is 24.1 Å². The number of aromatic nitrogens is 1. The molecule has 1 fully saturated rings. The number of thioether (sulfide) groups is 1. The maximum Gasteiger partial charge on any atom is 0.389 e. The summed E-state index contributed by atoms with van der Waals surface area (Å²) < 4.78 is 37.6. The molecule has 18 heavy (non-hydrogen) atoms. The zero-order valence-corrected chi connectivity index (χ0v) is 12.9. The average molecular weight is 333 g/mol. The summed E-state index contributed by atoms with van der Waals surface area (Å²) in [5, 5.41) is 0. The molecule has 1 saturated heterocycles. The Hall–Kier alpha value is 0.260. The van der Waals surface area contributed by atoms with Gasteiger partial charge in [-0.3, -0.25) is 0 Å². The van der Waals surface area contributed by atoms with Gasteiger partial charge in [0.25, 0.3) is 4.34 Å². The Morgan fingerprint density at radius 3 is 2.28 bits per heavy atom. The second-order valence-corrected chi connectivity index (χ2v) is 7.68. The summed E-state index contributed by atoms with van der Waals surface area (Å²) in [7, 11) is -1.31. The highest BCUT2D eigenvalue weighted by atomic mass is 35.7. The fraction of sp³-hybridized carbons (Fsp3) is 0.750. The van der Waals surface area contributed by atoms with Crippen LogP contribution in [0.3, 0.4) is 0 Å². The summed E-state index contributed by atoms with van der Waals surface area (Å²) in [4.78, 5) is 5.84. The molecule has 0 amide bonds. The lowest BCUT2D eigenvalue weighted by molar-refractivity contribution is -2.00. The van der Waals surface area contributed by atoms with Gasteiger partial charge in [0.05, 0.1) is 13.1 Å². The van der Waals surface area contributed by atoms with Crippen molar-refractivity contribution in [1.82, 2.24) is 9.56 Å². The third-order valence-electron chi connectivity index (χ3n) is 2.02. The van der Waals surface area contributed by atoms with Gasteiger partial charge < -0.3 is 0 Å². The first kappa shape index (κ1) is 16.3. The largest absolute Gasteiger partial charge is 0.389 e. The second-order valence-electron chi connectivity index (χ2n) is 3.33. The lowest BCUT2D eigenvalue weighted by Gasteiger charge is -2.17. The van der Waals surface area contributed by atoms with Gasteiger partial charge in [-0.2, -0.15) is 0 Å². The van der Waals surface area contributed by atoms with Gasteiger partial charge in [-0.25, -0.2) is 23.2 Å². The van der Waals surface area contributed by atoms with Crippen LogP contribution in [0.4, 0.5) is 0 Å². The van der Waals surface area contributed by atoms with Crippen LogP contribution in [0.25, 0.3) is 0 Å². The minimum Gasteiger partial charge on any atom is -0.248 e. The minimum absolute atomic E-state index is 1.12. The van der Waals surface area contributed by atoms with E-state index in [1.54, 1.807) is 0 Å². The van der Waals surface area contributed by atoms with E-state index in [1.165, 1.54) is 35.1 Å². The van der Waals surface area contributed by atoms with Crippen LogP contribution in [0.2, 0.25) is 0 Å². The van der Waals surface area contributed by atoms with Crippen molar-refractivity contribution in [2.75, 3.05) is 18.8 Å². The van der Waals surface area contributed by atoms with E-state index in [2.05, 4.69) is 16.5 Å². The van der Waals surface area contributed by atoms with Crippen molar-refractivity contribution in [2.24, 2.45) is 0 Å². The highest BCUT2D eigenvalue weighted by molar-refractivity contribution is 8.02. The highest BCUT2D eigenvalue weighted by Crippen LogP contribution is 2.20. The van der Waals surface area contributed by atoms with Gasteiger partial charge in [-0.05, 0) is 33.9 Å². The molecule has 0 N–H and O–H groups in total. The van der Waals surface area contributed by atoms with Gasteiger partial charge in [-0.15, -0.1) is 10.2 Å². The Morgan fingerprint density at radius 2 is 1.78 bits per heavy atom. The zero-order valence-electron chi connectivity index (χ0n) is 9.67. The van der Waals surface area contributed by atoms with Gasteiger partial charge in [0.15, 0.2) is 0 Å². The normalized spacial score (nSPS) is 15.5. The third-order valence-corrected chi connectivity index (χ3v) is 5.55. The van der Waals surface area contributed by atoms with Crippen molar-refractivity contribution in [3.8, 4) is 0 Å². The fourth-order valence-electron chi connectivity index (χ4n) is 1.40. The summed E-state index contributed by atoms with van der Waals surface area (Å²) in [5.74, 6) is 1.12. The summed E-state index contributed by atoms with van der Waals surface area (Å²) in [6, 6.07) is 0. The van der Waals surface area contributed by atoms with Gasteiger partial charge in [0, 0.05) is 10.3 Å². The van der Waals surface area contributed by atoms with Gasteiger partial charge in [0.1, 0.15) is 0 Å². The molecule has 0 bridgehead atoms. The number of halogens is 1. The molecule has 0 spiro atoms. The quantitative estimate of drug-likeness (QED) is 0.327. The molecule has 10 heteroatoms. The molecule has 1 aliphatic rings. The van der Waals surface area contributed by atoms with Crippen LogP contribution in [0, 0.1) is 10.2 Å². The summed E-state index contributed by atoms with van der Waals surface area (Å²) in [5.41, 5.74) is 0. The van der Waals surface area contributed by atoms with Crippen LogP contribution in [-0.4, -0.2) is 23.8 Å². The Kier molecular flexibility index (Phi) is 7.03. The molecule has 1 aromatic heterocycles. The van der Waals surface area contributed by atoms with Crippen LogP contribution in [-0.2, 0) is 0 Å². The lowest BCUT2D eigenvalue weighted by Crippen LogP contribution is -2.68.